The van der Waals surface area contributed by atoms with E-state index in [1.54, 1.807) is 6.08 Å². The Kier molecular flexibility index (Phi) is 4.92. The van der Waals surface area contributed by atoms with Crippen LogP contribution in [0.15, 0.2) is 36.0 Å². The number of methoxy groups -OCH3 is 1. The number of hydrogen-bond acceptors (Lipinski definition) is 3. The Bertz CT molecular complexity index is 760. The van der Waals surface area contributed by atoms with E-state index in [-0.39, 0.29) is 11.4 Å². The summed E-state index contributed by atoms with van der Waals surface area (Å²) in [6.07, 6.45) is 17.0. The van der Waals surface area contributed by atoms with Crippen LogP contribution < -0.4 is 0 Å². The Hall–Kier alpha value is -1.64. The first-order valence-corrected chi connectivity index (χ1v) is 11.0. The summed E-state index contributed by atoms with van der Waals surface area (Å²) in [5, 5.41) is 0. The van der Waals surface area contributed by atoms with Gasteiger partial charge < -0.3 is 4.74 Å². The minimum atomic E-state index is -0.260. The molecule has 3 heteroatoms. The smallest absolute Gasteiger partial charge is 0.330 e. The molecule has 0 aromatic heterocycles. The summed E-state index contributed by atoms with van der Waals surface area (Å²) < 4.78 is 4.77. The van der Waals surface area contributed by atoms with Gasteiger partial charge in [0, 0.05) is 12.5 Å². The van der Waals surface area contributed by atoms with Gasteiger partial charge >= 0.3 is 5.97 Å². The predicted molar refractivity (Wildman–Crippen MR) is 110 cm³/mol. The van der Waals surface area contributed by atoms with Crippen LogP contribution in [0.5, 0.6) is 0 Å². The second-order valence-electron chi connectivity index (χ2n) is 10.1. The van der Waals surface area contributed by atoms with Crippen molar-refractivity contribution in [2.24, 2.45) is 40.4 Å². The number of hydrogen-bond donors (Lipinski definition) is 0. The third kappa shape index (κ3) is 2.93. The second kappa shape index (κ2) is 7.00. The summed E-state index contributed by atoms with van der Waals surface area (Å²) in [4.78, 5) is 23.5. The summed E-state index contributed by atoms with van der Waals surface area (Å²) in [6, 6.07) is 0. The lowest BCUT2D eigenvalue weighted by molar-refractivity contribution is -0.134. The van der Waals surface area contributed by atoms with Crippen LogP contribution in [-0.4, -0.2) is 18.9 Å². The summed E-state index contributed by atoms with van der Waals surface area (Å²) in [5.41, 5.74) is 1.77. The van der Waals surface area contributed by atoms with E-state index >= 15 is 0 Å². The summed E-state index contributed by atoms with van der Waals surface area (Å²) in [5.74, 6) is 3.03. The molecule has 0 aromatic carbocycles. The molecule has 0 N–H and O–H groups in total. The quantitative estimate of drug-likeness (QED) is 0.493. The molecular formula is C25H34O3. The fraction of sp³-hybridized carbons (Fsp3) is 0.680. The first-order valence-electron chi connectivity index (χ1n) is 11.0. The summed E-state index contributed by atoms with van der Waals surface area (Å²) in [7, 11) is 1.43. The first-order chi connectivity index (χ1) is 13.3. The lowest BCUT2D eigenvalue weighted by Gasteiger charge is -2.56. The molecule has 0 spiro atoms. The molecule has 0 saturated heterocycles. The van der Waals surface area contributed by atoms with Crippen LogP contribution >= 0.6 is 0 Å². The van der Waals surface area contributed by atoms with E-state index in [0.29, 0.717) is 47.2 Å². The minimum absolute atomic E-state index is 0.170. The van der Waals surface area contributed by atoms with Gasteiger partial charge in [-0.2, -0.15) is 0 Å². The van der Waals surface area contributed by atoms with Crippen LogP contribution in [0.1, 0.15) is 59.3 Å². The molecule has 0 aliphatic heterocycles. The van der Waals surface area contributed by atoms with Gasteiger partial charge in [0.1, 0.15) is 0 Å². The second-order valence-corrected chi connectivity index (χ2v) is 10.1. The van der Waals surface area contributed by atoms with Crippen molar-refractivity contribution in [2.75, 3.05) is 7.11 Å². The van der Waals surface area contributed by atoms with Crippen molar-refractivity contribution in [1.29, 1.82) is 0 Å². The van der Waals surface area contributed by atoms with E-state index in [0.717, 1.165) is 6.42 Å². The number of esters is 1. The topological polar surface area (TPSA) is 43.4 Å². The SMILES string of the molecule is COC(=O)/C=C/[C@@H](C)[C@H]1CC[C@H]2[C@@H]3C=CC4=CC(=O)CC[C@]4(C)[C@H]3CC[C@]12C. The van der Waals surface area contributed by atoms with Crippen molar-refractivity contribution in [3.05, 3.63) is 36.0 Å². The minimum Gasteiger partial charge on any atom is -0.466 e. The number of allylic oxidation sites excluding steroid dienone is 5. The van der Waals surface area contributed by atoms with Crippen LogP contribution in [0.2, 0.25) is 0 Å². The highest BCUT2D eigenvalue weighted by Crippen LogP contribution is 2.66. The van der Waals surface area contributed by atoms with Gasteiger partial charge in [0.25, 0.3) is 0 Å². The molecule has 4 aliphatic carbocycles. The van der Waals surface area contributed by atoms with Crippen molar-refractivity contribution < 1.29 is 14.3 Å². The molecule has 0 amide bonds. The van der Waals surface area contributed by atoms with Gasteiger partial charge in [0.2, 0.25) is 0 Å². The van der Waals surface area contributed by atoms with Crippen LogP contribution in [0.25, 0.3) is 0 Å². The molecule has 4 aliphatic rings. The molecule has 2 fully saturated rings. The average molecular weight is 383 g/mol. The van der Waals surface area contributed by atoms with Gasteiger partial charge in [-0.25, -0.2) is 4.79 Å². The zero-order valence-electron chi connectivity index (χ0n) is 17.7. The Morgan fingerprint density at radius 2 is 2.00 bits per heavy atom. The fourth-order valence-electron chi connectivity index (χ4n) is 7.33. The standard InChI is InChI=1S/C25H34O3/c1-16(5-10-23(27)28-4)20-8-9-21-19-7-6-17-15-18(26)11-13-24(17,2)22(19)12-14-25(20,21)3/h5-7,10,15-16,19-22H,8-9,11-14H2,1-4H3/b10-5+/t16-,19+,20-,21+,22+,24+,25-/m1/s1. The van der Waals surface area contributed by atoms with E-state index in [9.17, 15) is 9.59 Å². The fourth-order valence-corrected chi connectivity index (χ4v) is 7.33. The van der Waals surface area contributed by atoms with Crippen LogP contribution in [0.4, 0.5) is 0 Å². The van der Waals surface area contributed by atoms with Crippen molar-refractivity contribution in [2.45, 2.75) is 59.3 Å². The van der Waals surface area contributed by atoms with Gasteiger partial charge in [-0.05, 0) is 84.2 Å². The highest BCUT2D eigenvalue weighted by molar-refractivity contribution is 5.92. The Morgan fingerprint density at radius 3 is 2.75 bits per heavy atom. The third-order valence-corrected chi connectivity index (χ3v) is 8.96. The Morgan fingerprint density at radius 1 is 1.21 bits per heavy atom. The number of ketones is 1. The molecule has 2 saturated carbocycles. The third-order valence-electron chi connectivity index (χ3n) is 8.96. The van der Waals surface area contributed by atoms with Gasteiger partial charge in [0.05, 0.1) is 7.11 Å². The van der Waals surface area contributed by atoms with E-state index < -0.39 is 0 Å². The maximum absolute atomic E-state index is 12.0. The van der Waals surface area contributed by atoms with Gasteiger partial charge in [-0.3, -0.25) is 4.79 Å². The Labute approximate surface area is 169 Å². The van der Waals surface area contributed by atoms with Crippen molar-refractivity contribution in [3.8, 4) is 0 Å². The van der Waals surface area contributed by atoms with Crippen molar-refractivity contribution in [1.82, 2.24) is 0 Å². The first kappa shape index (κ1) is 19.7. The molecule has 0 unspecified atom stereocenters. The molecule has 0 heterocycles. The molecule has 3 nitrogen and oxygen atoms in total. The molecule has 28 heavy (non-hydrogen) atoms. The summed E-state index contributed by atoms with van der Waals surface area (Å²) in [6.45, 7) is 7.17. The average Bonchev–Trinajstić information content (AvgIpc) is 3.03. The molecule has 0 radical (unpaired) electrons. The number of carbonyl (C=O) groups is 2. The van der Waals surface area contributed by atoms with Crippen molar-refractivity contribution in [3.63, 3.8) is 0 Å². The number of rotatable bonds is 3. The Balaban J connectivity index is 1.59. The zero-order valence-corrected chi connectivity index (χ0v) is 17.7. The molecular weight excluding hydrogens is 348 g/mol. The van der Waals surface area contributed by atoms with Crippen molar-refractivity contribution >= 4 is 11.8 Å². The lowest BCUT2D eigenvalue weighted by atomic mass is 9.48. The monoisotopic (exact) mass is 382 g/mol. The lowest BCUT2D eigenvalue weighted by Crippen LogP contribution is -2.49. The van der Waals surface area contributed by atoms with E-state index in [1.807, 2.05) is 6.08 Å². The van der Waals surface area contributed by atoms with Crippen LogP contribution in [0.3, 0.4) is 0 Å². The van der Waals surface area contributed by atoms with Gasteiger partial charge in [-0.1, -0.05) is 39.0 Å². The van der Waals surface area contributed by atoms with Crippen LogP contribution in [-0.2, 0) is 14.3 Å². The normalized spacial score (nSPS) is 43.1. The highest BCUT2D eigenvalue weighted by Gasteiger charge is 2.58. The maximum Gasteiger partial charge on any atom is 0.330 e. The molecule has 0 aromatic rings. The van der Waals surface area contributed by atoms with E-state index in [4.69, 9.17) is 4.74 Å². The molecule has 152 valence electrons. The largest absolute Gasteiger partial charge is 0.466 e. The molecule has 4 rings (SSSR count). The number of ether oxygens (including phenoxy) is 1. The highest BCUT2D eigenvalue weighted by atomic mass is 16.5. The van der Waals surface area contributed by atoms with E-state index in [2.05, 4.69) is 39.0 Å². The number of carbonyl (C=O) groups excluding carboxylic acids is 2. The maximum atomic E-state index is 12.0. The molecule has 0 bridgehead atoms. The summed E-state index contributed by atoms with van der Waals surface area (Å²) >= 11 is 0. The molecule has 7 atom stereocenters. The number of fused-ring (bicyclic) bond motifs is 5. The van der Waals surface area contributed by atoms with E-state index in [1.165, 1.54) is 38.4 Å². The van der Waals surface area contributed by atoms with Crippen LogP contribution in [0, 0.1) is 40.4 Å². The van der Waals surface area contributed by atoms with Gasteiger partial charge in [-0.15, -0.1) is 0 Å². The van der Waals surface area contributed by atoms with Gasteiger partial charge in [0.15, 0.2) is 5.78 Å². The zero-order chi connectivity index (χ0) is 20.1. The predicted octanol–water partition coefficient (Wildman–Crippen LogP) is 5.28.